The van der Waals surface area contributed by atoms with Gasteiger partial charge in [0, 0.05) is 33.9 Å². The van der Waals surface area contributed by atoms with Crippen LogP contribution in [0.15, 0.2) is 60.2 Å². The molecule has 7 nitrogen and oxygen atoms in total. The van der Waals surface area contributed by atoms with E-state index in [1.54, 1.807) is 67.2 Å². The molecule has 0 aliphatic heterocycles. The maximum atomic E-state index is 12.7. The zero-order valence-electron chi connectivity index (χ0n) is 17.3. The number of imidazole rings is 1. The van der Waals surface area contributed by atoms with Gasteiger partial charge in [-0.15, -0.1) is 11.3 Å². The molecule has 4 rings (SSSR count). The van der Waals surface area contributed by atoms with Crippen molar-refractivity contribution < 1.29 is 14.3 Å². The first-order valence-electron chi connectivity index (χ1n) is 9.97. The lowest BCUT2D eigenvalue weighted by Gasteiger charge is -2.15. The molecule has 0 aliphatic carbocycles. The number of halogens is 2. The third-order valence-electron chi connectivity index (χ3n) is 4.75. The van der Waals surface area contributed by atoms with Gasteiger partial charge in [-0.1, -0.05) is 42.3 Å². The Balaban J connectivity index is 1.40. The van der Waals surface area contributed by atoms with Crippen LogP contribution < -0.4 is 5.32 Å². The summed E-state index contributed by atoms with van der Waals surface area (Å²) in [6.07, 6.45) is 2.71. The van der Waals surface area contributed by atoms with Crippen LogP contribution in [0.5, 0.6) is 0 Å². The molecule has 0 aliphatic rings. The van der Waals surface area contributed by atoms with Crippen LogP contribution in [0.1, 0.15) is 23.7 Å². The van der Waals surface area contributed by atoms with Crippen molar-refractivity contribution in [3.05, 3.63) is 75.8 Å². The molecule has 0 radical (unpaired) electrons. The number of hydrogen-bond acceptors (Lipinski definition) is 6. The van der Waals surface area contributed by atoms with Crippen LogP contribution in [0.25, 0.3) is 22.6 Å². The van der Waals surface area contributed by atoms with Gasteiger partial charge in [0.1, 0.15) is 5.82 Å². The number of aromatic amines is 1. The highest BCUT2D eigenvalue weighted by atomic mass is 35.5. The summed E-state index contributed by atoms with van der Waals surface area (Å²) in [6, 6.07) is 11.9. The van der Waals surface area contributed by atoms with Gasteiger partial charge in [0.25, 0.3) is 5.91 Å². The van der Waals surface area contributed by atoms with E-state index in [2.05, 4.69) is 20.3 Å². The molecular formula is C23H18Cl2N4O3S. The number of carbonyl (C=O) groups is 2. The predicted molar refractivity (Wildman–Crippen MR) is 130 cm³/mol. The third-order valence-corrected chi connectivity index (χ3v) is 6.05. The normalized spacial score (nSPS) is 11.7. The maximum Gasteiger partial charge on any atom is 0.338 e. The van der Waals surface area contributed by atoms with Crippen LogP contribution in [-0.4, -0.2) is 32.9 Å². The summed E-state index contributed by atoms with van der Waals surface area (Å²) >= 11 is 13.4. The van der Waals surface area contributed by atoms with Gasteiger partial charge in [0.15, 0.2) is 11.2 Å². The number of amides is 1. The van der Waals surface area contributed by atoms with Crippen molar-refractivity contribution in [3.63, 3.8) is 0 Å². The fourth-order valence-electron chi connectivity index (χ4n) is 3.04. The minimum absolute atomic E-state index is 0.309. The number of aromatic nitrogens is 3. The van der Waals surface area contributed by atoms with Gasteiger partial charge in [-0.2, -0.15) is 0 Å². The van der Waals surface area contributed by atoms with E-state index in [1.165, 1.54) is 11.3 Å². The van der Waals surface area contributed by atoms with E-state index < -0.39 is 18.0 Å². The lowest BCUT2D eigenvalue weighted by molar-refractivity contribution is -0.124. The first-order chi connectivity index (χ1) is 15.9. The quantitative estimate of drug-likeness (QED) is 0.299. The Labute approximate surface area is 203 Å². The highest BCUT2D eigenvalue weighted by Gasteiger charge is 2.23. The van der Waals surface area contributed by atoms with E-state index in [-0.39, 0.29) is 0 Å². The smallest absolute Gasteiger partial charge is 0.338 e. The van der Waals surface area contributed by atoms with Crippen molar-refractivity contribution in [3.8, 4) is 22.6 Å². The molecule has 0 fully saturated rings. The number of esters is 1. The Morgan fingerprint density at radius 3 is 2.64 bits per heavy atom. The Morgan fingerprint density at radius 2 is 1.97 bits per heavy atom. The van der Waals surface area contributed by atoms with Crippen LogP contribution in [0.4, 0.5) is 5.13 Å². The van der Waals surface area contributed by atoms with Crippen molar-refractivity contribution in [2.45, 2.75) is 19.4 Å². The van der Waals surface area contributed by atoms with Gasteiger partial charge in [-0.05, 0) is 36.8 Å². The first kappa shape index (κ1) is 23.0. The van der Waals surface area contributed by atoms with Crippen LogP contribution >= 0.6 is 34.5 Å². The Morgan fingerprint density at radius 1 is 1.18 bits per heavy atom. The number of benzene rings is 2. The number of anilines is 1. The van der Waals surface area contributed by atoms with Gasteiger partial charge in [0.05, 0.1) is 16.3 Å². The van der Waals surface area contributed by atoms with Gasteiger partial charge < -0.3 is 9.72 Å². The molecule has 0 saturated carbocycles. The molecule has 10 heteroatoms. The molecule has 2 aromatic heterocycles. The lowest BCUT2D eigenvalue weighted by atomic mass is 10.1. The van der Waals surface area contributed by atoms with Crippen LogP contribution in [-0.2, 0) is 9.53 Å². The highest BCUT2D eigenvalue weighted by Crippen LogP contribution is 2.32. The average molecular weight is 501 g/mol. The fourth-order valence-corrected chi connectivity index (χ4v) is 4.26. The van der Waals surface area contributed by atoms with Crippen molar-refractivity contribution >= 4 is 51.5 Å². The number of thiazole rings is 1. The topological polar surface area (TPSA) is 97.0 Å². The Hall–Kier alpha value is -3.20. The fraction of sp³-hybridized carbons (Fsp3) is 0.130. The number of ether oxygens (including phenoxy) is 1. The first-order valence-corrected chi connectivity index (χ1v) is 11.6. The van der Waals surface area contributed by atoms with E-state index in [0.717, 1.165) is 5.56 Å². The van der Waals surface area contributed by atoms with Crippen LogP contribution in [0, 0.1) is 0 Å². The van der Waals surface area contributed by atoms with Gasteiger partial charge in [-0.25, -0.2) is 14.8 Å². The molecule has 2 heterocycles. The van der Waals surface area contributed by atoms with Crippen molar-refractivity contribution in [1.82, 2.24) is 15.0 Å². The molecule has 0 bridgehead atoms. The predicted octanol–water partition coefficient (Wildman–Crippen LogP) is 6.08. The summed E-state index contributed by atoms with van der Waals surface area (Å²) in [4.78, 5) is 36.8. The summed E-state index contributed by atoms with van der Waals surface area (Å²) in [5.74, 6) is -0.347. The van der Waals surface area contributed by atoms with E-state index >= 15 is 0 Å². The van der Waals surface area contributed by atoms with Gasteiger partial charge in [-0.3, -0.25) is 10.1 Å². The van der Waals surface area contributed by atoms with E-state index in [1.807, 2.05) is 0 Å². The van der Waals surface area contributed by atoms with Gasteiger partial charge in [0.2, 0.25) is 0 Å². The summed E-state index contributed by atoms with van der Waals surface area (Å²) in [5, 5.41) is 5.84. The number of nitrogens with zero attached hydrogens (tertiary/aromatic N) is 2. The largest absolute Gasteiger partial charge is 0.449 e. The second-order valence-corrected chi connectivity index (χ2v) is 8.67. The molecule has 0 spiro atoms. The number of H-pyrrole nitrogens is 1. The SMILES string of the molecule is CCC(OC(=O)c1ccc(-c2ncc[nH]2)cc1)C(=O)Nc1nc(-c2ccc(Cl)cc2Cl)cs1. The molecule has 1 atom stereocenters. The van der Waals surface area contributed by atoms with Gasteiger partial charge >= 0.3 is 5.97 Å². The summed E-state index contributed by atoms with van der Waals surface area (Å²) in [5.41, 5.74) is 2.49. The monoisotopic (exact) mass is 500 g/mol. The second-order valence-electron chi connectivity index (χ2n) is 6.97. The molecular weight excluding hydrogens is 483 g/mol. The highest BCUT2D eigenvalue weighted by molar-refractivity contribution is 7.14. The molecule has 168 valence electrons. The van der Waals surface area contributed by atoms with E-state index in [0.29, 0.717) is 44.2 Å². The summed E-state index contributed by atoms with van der Waals surface area (Å²) in [7, 11) is 0. The van der Waals surface area contributed by atoms with Crippen LogP contribution in [0.3, 0.4) is 0 Å². The average Bonchev–Trinajstić information content (AvgIpc) is 3.50. The Bertz CT molecular complexity index is 1270. The number of hydrogen-bond donors (Lipinski definition) is 2. The van der Waals surface area contributed by atoms with Crippen LogP contribution in [0.2, 0.25) is 10.0 Å². The summed E-state index contributed by atoms with van der Waals surface area (Å²) in [6.45, 7) is 1.76. The van der Waals surface area contributed by atoms with Crippen molar-refractivity contribution in [1.29, 1.82) is 0 Å². The maximum absolute atomic E-state index is 12.7. The molecule has 4 aromatic rings. The molecule has 33 heavy (non-hydrogen) atoms. The van der Waals surface area contributed by atoms with E-state index in [4.69, 9.17) is 27.9 Å². The minimum atomic E-state index is -0.964. The van der Waals surface area contributed by atoms with Crippen molar-refractivity contribution in [2.75, 3.05) is 5.32 Å². The number of rotatable bonds is 7. The third kappa shape index (κ3) is 5.42. The molecule has 2 N–H and O–H groups in total. The standard InChI is InChI=1S/C23H18Cl2N4O3S/c1-2-19(32-22(31)14-5-3-13(4-6-14)20-26-9-10-27-20)21(30)29-23-28-18(12-33-23)16-8-7-15(24)11-17(16)25/h3-12,19H,2H2,1H3,(H,26,27)(H,28,29,30). The molecule has 2 aromatic carbocycles. The zero-order valence-corrected chi connectivity index (χ0v) is 19.7. The zero-order chi connectivity index (χ0) is 23.4. The second kappa shape index (κ2) is 10.2. The number of carbonyl (C=O) groups excluding carboxylic acids is 2. The molecule has 1 unspecified atom stereocenters. The van der Waals surface area contributed by atoms with E-state index in [9.17, 15) is 9.59 Å². The minimum Gasteiger partial charge on any atom is -0.449 e. The molecule has 1 amide bonds. The molecule has 0 saturated heterocycles. The Kier molecular flexibility index (Phi) is 7.08. The van der Waals surface area contributed by atoms with Crippen molar-refractivity contribution in [2.24, 2.45) is 0 Å². The summed E-state index contributed by atoms with van der Waals surface area (Å²) < 4.78 is 5.44. The number of nitrogens with one attached hydrogen (secondary N) is 2. The lowest BCUT2D eigenvalue weighted by Crippen LogP contribution is -2.32.